The number of hydrogen-bond donors (Lipinski definition) is 2. The van der Waals surface area contributed by atoms with Crippen LogP contribution in [0.15, 0.2) is 0 Å². The Morgan fingerprint density at radius 2 is 1.77 bits per heavy atom. The molecule has 2 N–H and O–H groups in total. The zero-order valence-electron chi connectivity index (χ0n) is 7.27. The molecule has 0 saturated heterocycles. The van der Waals surface area contributed by atoms with Crippen LogP contribution in [0.5, 0.6) is 0 Å². The minimum atomic E-state index is -3.17. The maximum Gasteiger partial charge on any atom is 0.303 e. The van der Waals surface area contributed by atoms with Gasteiger partial charge in [0.2, 0.25) is 0 Å². The van der Waals surface area contributed by atoms with Gasteiger partial charge in [0.25, 0.3) is 0 Å². The lowest BCUT2D eigenvalue weighted by Gasteiger charge is -2.00. The molecule has 0 aliphatic rings. The van der Waals surface area contributed by atoms with Crippen molar-refractivity contribution in [2.45, 2.75) is 19.3 Å². The van der Waals surface area contributed by atoms with E-state index < -0.39 is 15.8 Å². The van der Waals surface area contributed by atoms with Gasteiger partial charge in [-0.1, -0.05) is 0 Å². The number of sulfone groups is 1. The highest BCUT2D eigenvalue weighted by molar-refractivity contribution is 7.91. The lowest BCUT2D eigenvalue weighted by Crippen LogP contribution is -2.14. The first kappa shape index (κ1) is 12.4. The maximum absolute atomic E-state index is 11.0. The van der Waals surface area contributed by atoms with Crippen LogP contribution < -0.4 is 0 Å². The number of carboxylic acids is 1. The first-order valence-corrected chi connectivity index (χ1v) is 5.83. The third-order valence-electron chi connectivity index (χ3n) is 1.50. The van der Waals surface area contributed by atoms with Crippen molar-refractivity contribution >= 4 is 15.8 Å². The van der Waals surface area contributed by atoms with Gasteiger partial charge in [-0.25, -0.2) is 8.42 Å². The highest BCUT2D eigenvalue weighted by atomic mass is 32.2. The average Bonchev–Trinajstić information content (AvgIpc) is 1.98. The van der Waals surface area contributed by atoms with Gasteiger partial charge in [0, 0.05) is 6.42 Å². The summed E-state index contributed by atoms with van der Waals surface area (Å²) in [7, 11) is -3.17. The molecule has 0 saturated carbocycles. The van der Waals surface area contributed by atoms with Gasteiger partial charge in [0.1, 0.15) is 0 Å². The van der Waals surface area contributed by atoms with Gasteiger partial charge in [-0.3, -0.25) is 4.79 Å². The maximum atomic E-state index is 11.0. The number of carbonyl (C=O) groups is 1. The molecule has 6 heteroatoms. The van der Waals surface area contributed by atoms with Crippen LogP contribution in [-0.2, 0) is 14.6 Å². The molecule has 0 aliphatic heterocycles. The van der Waals surface area contributed by atoms with E-state index in [0.29, 0.717) is 12.8 Å². The highest BCUT2D eigenvalue weighted by Crippen LogP contribution is 2.00. The standard InChI is InChI=1S/C7H14O5S/c8-4-6-13(11,12)5-2-1-3-7(9)10/h8H,1-6H2,(H,9,10). The van der Waals surface area contributed by atoms with Crippen LogP contribution in [0.2, 0.25) is 0 Å². The highest BCUT2D eigenvalue weighted by Gasteiger charge is 2.09. The number of unbranched alkanes of at least 4 members (excludes halogenated alkanes) is 1. The molecule has 0 heterocycles. The third-order valence-corrected chi connectivity index (χ3v) is 3.21. The van der Waals surface area contributed by atoms with Crippen molar-refractivity contribution in [2.75, 3.05) is 18.1 Å². The molecule has 0 atom stereocenters. The van der Waals surface area contributed by atoms with E-state index in [2.05, 4.69) is 0 Å². The molecule has 0 aromatic heterocycles. The molecule has 0 aromatic carbocycles. The summed E-state index contributed by atoms with van der Waals surface area (Å²) in [6.45, 7) is -0.374. The Balaban J connectivity index is 3.58. The lowest BCUT2D eigenvalue weighted by atomic mass is 10.3. The summed E-state index contributed by atoms with van der Waals surface area (Å²) in [5, 5.41) is 16.6. The predicted molar refractivity (Wildman–Crippen MR) is 47.2 cm³/mol. The van der Waals surface area contributed by atoms with Gasteiger partial charge in [0.05, 0.1) is 18.1 Å². The molecule has 0 unspecified atom stereocenters. The number of carboxylic acid groups (broad SMARTS) is 1. The fraction of sp³-hybridized carbons (Fsp3) is 0.857. The van der Waals surface area contributed by atoms with E-state index in [4.69, 9.17) is 10.2 Å². The van der Waals surface area contributed by atoms with Crippen molar-refractivity contribution in [3.63, 3.8) is 0 Å². The van der Waals surface area contributed by atoms with Crippen LogP contribution in [0.1, 0.15) is 19.3 Å². The van der Waals surface area contributed by atoms with E-state index in [-0.39, 0.29) is 24.5 Å². The van der Waals surface area contributed by atoms with Gasteiger partial charge >= 0.3 is 5.97 Å². The second-order valence-electron chi connectivity index (χ2n) is 2.73. The fourth-order valence-electron chi connectivity index (χ4n) is 0.839. The fourth-order valence-corrected chi connectivity index (χ4v) is 1.97. The lowest BCUT2D eigenvalue weighted by molar-refractivity contribution is -0.137. The molecule has 5 nitrogen and oxygen atoms in total. The second-order valence-corrected chi connectivity index (χ2v) is 5.03. The minimum absolute atomic E-state index is 0.00531. The molecule has 0 fully saturated rings. The van der Waals surface area contributed by atoms with Crippen LogP contribution >= 0.6 is 0 Å². The Labute approximate surface area is 77.3 Å². The normalized spacial score (nSPS) is 11.5. The minimum Gasteiger partial charge on any atom is -0.481 e. The van der Waals surface area contributed by atoms with Gasteiger partial charge in [0.15, 0.2) is 9.84 Å². The smallest absolute Gasteiger partial charge is 0.303 e. The van der Waals surface area contributed by atoms with Crippen molar-refractivity contribution in [1.82, 2.24) is 0 Å². The molecule has 0 amide bonds. The zero-order valence-corrected chi connectivity index (χ0v) is 8.09. The van der Waals surface area contributed by atoms with Crippen LogP contribution in [0.3, 0.4) is 0 Å². The van der Waals surface area contributed by atoms with E-state index >= 15 is 0 Å². The number of hydrogen-bond acceptors (Lipinski definition) is 4. The molecule has 0 radical (unpaired) electrons. The summed E-state index contributed by atoms with van der Waals surface area (Å²) in [5.74, 6) is -1.19. The second kappa shape index (κ2) is 5.93. The molecular weight excluding hydrogens is 196 g/mol. The Kier molecular flexibility index (Phi) is 5.65. The molecule has 0 rings (SSSR count). The third kappa shape index (κ3) is 7.73. The van der Waals surface area contributed by atoms with Gasteiger partial charge in [-0.2, -0.15) is 0 Å². The number of aliphatic carboxylic acids is 1. The summed E-state index contributed by atoms with van der Waals surface area (Å²) < 4.78 is 21.9. The average molecular weight is 210 g/mol. The van der Waals surface area contributed by atoms with Crippen LogP contribution in [-0.4, -0.2) is 42.7 Å². The first-order chi connectivity index (χ1) is 5.98. The Hall–Kier alpha value is -0.620. The van der Waals surface area contributed by atoms with Crippen molar-refractivity contribution < 1.29 is 23.4 Å². The Morgan fingerprint density at radius 3 is 2.23 bits per heavy atom. The number of aliphatic hydroxyl groups is 1. The summed E-state index contributed by atoms with van der Waals surface area (Å²) in [6.07, 6.45) is 0.698. The number of aliphatic hydroxyl groups excluding tert-OH is 1. The van der Waals surface area contributed by atoms with Crippen molar-refractivity contribution in [3.05, 3.63) is 0 Å². The van der Waals surface area contributed by atoms with Gasteiger partial charge < -0.3 is 10.2 Å². The Bertz CT molecular complexity index is 244. The largest absolute Gasteiger partial charge is 0.481 e. The molecule has 13 heavy (non-hydrogen) atoms. The zero-order chi connectivity index (χ0) is 10.3. The first-order valence-electron chi connectivity index (χ1n) is 4.01. The van der Waals surface area contributed by atoms with Crippen molar-refractivity contribution in [2.24, 2.45) is 0 Å². The summed E-state index contributed by atoms with van der Waals surface area (Å²) in [4.78, 5) is 10.1. The van der Waals surface area contributed by atoms with E-state index in [1.165, 1.54) is 0 Å². The van der Waals surface area contributed by atoms with Crippen LogP contribution in [0.25, 0.3) is 0 Å². The molecule has 0 aliphatic carbocycles. The van der Waals surface area contributed by atoms with E-state index in [0.717, 1.165) is 0 Å². The van der Waals surface area contributed by atoms with Gasteiger partial charge in [-0.05, 0) is 12.8 Å². The summed E-state index contributed by atoms with van der Waals surface area (Å²) in [6, 6.07) is 0. The molecule has 0 aromatic rings. The van der Waals surface area contributed by atoms with E-state index in [1.54, 1.807) is 0 Å². The van der Waals surface area contributed by atoms with Crippen molar-refractivity contribution in [1.29, 1.82) is 0 Å². The molecule has 0 bridgehead atoms. The monoisotopic (exact) mass is 210 g/mol. The van der Waals surface area contributed by atoms with Crippen molar-refractivity contribution in [3.8, 4) is 0 Å². The molecule has 0 spiro atoms. The van der Waals surface area contributed by atoms with Crippen LogP contribution in [0, 0.1) is 0 Å². The molecular formula is C7H14O5S. The summed E-state index contributed by atoms with van der Waals surface area (Å²) in [5.41, 5.74) is 0. The van der Waals surface area contributed by atoms with E-state index in [1.807, 2.05) is 0 Å². The Morgan fingerprint density at radius 1 is 1.15 bits per heavy atom. The quantitative estimate of drug-likeness (QED) is 0.560. The van der Waals surface area contributed by atoms with Gasteiger partial charge in [-0.15, -0.1) is 0 Å². The van der Waals surface area contributed by atoms with Crippen LogP contribution in [0.4, 0.5) is 0 Å². The number of rotatable bonds is 7. The predicted octanol–water partition coefficient (Wildman–Crippen LogP) is -0.352. The topological polar surface area (TPSA) is 91.7 Å². The van der Waals surface area contributed by atoms with E-state index in [9.17, 15) is 13.2 Å². The summed E-state index contributed by atoms with van der Waals surface area (Å²) >= 11 is 0. The molecule has 78 valence electrons. The SMILES string of the molecule is O=C(O)CCCCS(=O)(=O)CCO.